The zero-order valence-electron chi connectivity index (χ0n) is 8.78. The third-order valence-electron chi connectivity index (χ3n) is 2.52. The fraction of sp³-hybridized carbons (Fsp3) is 0.444. The van der Waals surface area contributed by atoms with Gasteiger partial charge in [-0.15, -0.1) is 0 Å². The van der Waals surface area contributed by atoms with Crippen LogP contribution in [-0.2, 0) is 11.3 Å². The quantitative estimate of drug-likeness (QED) is 0.601. The first-order valence-corrected chi connectivity index (χ1v) is 5.86. The number of hydrogen-bond acceptors (Lipinski definition) is 4. The van der Waals surface area contributed by atoms with Gasteiger partial charge in [0.05, 0.1) is 6.54 Å². The van der Waals surface area contributed by atoms with Gasteiger partial charge < -0.3 is 20.7 Å². The predicted octanol–water partition coefficient (Wildman–Crippen LogP) is -0.147. The number of nitrogens with one attached hydrogen (secondary N) is 3. The van der Waals surface area contributed by atoms with Gasteiger partial charge in [-0.1, -0.05) is 11.3 Å². The van der Waals surface area contributed by atoms with Crippen LogP contribution in [0.3, 0.4) is 0 Å². The number of H-pyrrole nitrogens is 1. The van der Waals surface area contributed by atoms with E-state index in [-0.39, 0.29) is 11.4 Å². The zero-order chi connectivity index (χ0) is 12.5. The standard InChI is InChI=1S/C9H11N3O4S/c13-6(14)9(1-2-9)12-7(15)10-3-5-4-17-8(16)11-5/h4H,1-3H2,(H,11,16)(H,13,14)(H2,10,12,15). The Labute approximate surface area is 99.9 Å². The molecule has 1 aromatic heterocycles. The molecule has 0 aliphatic heterocycles. The van der Waals surface area contributed by atoms with Crippen molar-refractivity contribution in [3.63, 3.8) is 0 Å². The minimum absolute atomic E-state index is 0.167. The van der Waals surface area contributed by atoms with Crippen molar-refractivity contribution in [3.05, 3.63) is 20.7 Å². The van der Waals surface area contributed by atoms with Gasteiger partial charge in [-0.2, -0.15) is 0 Å². The molecule has 92 valence electrons. The van der Waals surface area contributed by atoms with Crippen LogP contribution in [0.5, 0.6) is 0 Å². The van der Waals surface area contributed by atoms with Crippen molar-refractivity contribution in [2.24, 2.45) is 0 Å². The highest BCUT2D eigenvalue weighted by Crippen LogP contribution is 2.35. The van der Waals surface area contributed by atoms with Crippen LogP contribution in [0.4, 0.5) is 4.79 Å². The lowest BCUT2D eigenvalue weighted by Crippen LogP contribution is -2.47. The molecular weight excluding hydrogens is 246 g/mol. The third kappa shape index (κ3) is 2.64. The van der Waals surface area contributed by atoms with E-state index in [0.29, 0.717) is 18.5 Å². The first-order chi connectivity index (χ1) is 8.02. The van der Waals surface area contributed by atoms with Crippen molar-refractivity contribution in [2.45, 2.75) is 24.9 Å². The Morgan fingerprint density at radius 1 is 1.53 bits per heavy atom. The lowest BCUT2D eigenvalue weighted by Gasteiger charge is -2.12. The normalized spacial score (nSPS) is 16.2. The smallest absolute Gasteiger partial charge is 0.329 e. The molecular formula is C9H11N3O4S. The van der Waals surface area contributed by atoms with Gasteiger partial charge in [0.1, 0.15) is 5.54 Å². The molecule has 0 unspecified atom stereocenters. The fourth-order valence-electron chi connectivity index (χ4n) is 1.35. The molecule has 0 atom stereocenters. The summed E-state index contributed by atoms with van der Waals surface area (Å²) in [5.74, 6) is -1.02. The molecule has 0 saturated heterocycles. The van der Waals surface area contributed by atoms with Gasteiger partial charge in [0, 0.05) is 11.1 Å². The summed E-state index contributed by atoms with van der Waals surface area (Å²) in [6.07, 6.45) is 0.899. The van der Waals surface area contributed by atoms with Crippen molar-refractivity contribution < 1.29 is 14.7 Å². The lowest BCUT2D eigenvalue weighted by atomic mass is 10.3. The number of aromatic nitrogens is 1. The number of rotatable bonds is 4. The second-order valence-electron chi connectivity index (χ2n) is 3.87. The molecule has 0 aromatic carbocycles. The predicted molar refractivity (Wildman–Crippen MR) is 59.9 cm³/mol. The molecule has 8 heteroatoms. The summed E-state index contributed by atoms with van der Waals surface area (Å²) in [5.41, 5.74) is -0.498. The summed E-state index contributed by atoms with van der Waals surface area (Å²) in [6, 6.07) is -0.544. The Kier molecular flexibility index (Phi) is 2.88. The minimum atomic E-state index is -1.09. The van der Waals surface area contributed by atoms with Gasteiger partial charge in [0.15, 0.2) is 0 Å². The van der Waals surface area contributed by atoms with Gasteiger partial charge in [-0.3, -0.25) is 4.79 Å². The molecule has 17 heavy (non-hydrogen) atoms. The maximum Gasteiger partial charge on any atom is 0.329 e. The number of thiazole rings is 1. The average molecular weight is 257 g/mol. The monoisotopic (exact) mass is 257 g/mol. The van der Waals surface area contributed by atoms with Crippen molar-refractivity contribution in [1.82, 2.24) is 15.6 Å². The summed E-state index contributed by atoms with van der Waals surface area (Å²) in [4.78, 5) is 35.4. The molecule has 1 fully saturated rings. The van der Waals surface area contributed by atoms with Crippen LogP contribution < -0.4 is 15.5 Å². The number of aromatic amines is 1. The van der Waals surface area contributed by atoms with E-state index in [9.17, 15) is 14.4 Å². The number of urea groups is 1. The van der Waals surface area contributed by atoms with Crippen LogP contribution in [0.25, 0.3) is 0 Å². The minimum Gasteiger partial charge on any atom is -0.480 e. The number of aliphatic carboxylic acids is 1. The van der Waals surface area contributed by atoms with Gasteiger partial charge in [0.25, 0.3) is 0 Å². The van der Waals surface area contributed by atoms with E-state index in [1.165, 1.54) is 0 Å². The number of carbonyl (C=O) groups is 2. The molecule has 2 rings (SSSR count). The second-order valence-corrected chi connectivity index (χ2v) is 4.71. The number of hydrogen-bond donors (Lipinski definition) is 4. The highest BCUT2D eigenvalue weighted by atomic mass is 32.1. The Morgan fingerprint density at radius 2 is 2.24 bits per heavy atom. The molecule has 1 aliphatic carbocycles. The molecule has 1 aliphatic rings. The van der Waals surface area contributed by atoms with E-state index in [4.69, 9.17) is 5.11 Å². The molecule has 1 saturated carbocycles. The molecule has 7 nitrogen and oxygen atoms in total. The molecule has 0 spiro atoms. The number of carboxylic acid groups (broad SMARTS) is 1. The summed E-state index contributed by atoms with van der Waals surface area (Å²) in [5, 5.41) is 15.3. The summed E-state index contributed by atoms with van der Waals surface area (Å²) >= 11 is 1.01. The maximum absolute atomic E-state index is 11.4. The van der Waals surface area contributed by atoms with Crippen LogP contribution in [0.15, 0.2) is 10.2 Å². The van der Waals surface area contributed by atoms with E-state index in [0.717, 1.165) is 11.3 Å². The zero-order valence-corrected chi connectivity index (χ0v) is 9.60. The van der Waals surface area contributed by atoms with Gasteiger partial charge in [0.2, 0.25) is 0 Å². The molecule has 2 amide bonds. The Balaban J connectivity index is 1.82. The maximum atomic E-state index is 11.4. The number of amides is 2. The molecule has 0 bridgehead atoms. The van der Waals surface area contributed by atoms with Gasteiger partial charge >= 0.3 is 16.9 Å². The van der Waals surface area contributed by atoms with E-state index in [1.54, 1.807) is 5.38 Å². The first kappa shape index (κ1) is 11.6. The van der Waals surface area contributed by atoms with Crippen molar-refractivity contribution in [1.29, 1.82) is 0 Å². The molecule has 4 N–H and O–H groups in total. The number of carboxylic acids is 1. The summed E-state index contributed by atoms with van der Waals surface area (Å²) in [6.45, 7) is 0.167. The van der Waals surface area contributed by atoms with Gasteiger partial charge in [-0.25, -0.2) is 9.59 Å². The molecule has 1 aromatic rings. The van der Waals surface area contributed by atoms with Crippen LogP contribution in [0, 0.1) is 0 Å². The number of carbonyl (C=O) groups excluding carboxylic acids is 1. The van der Waals surface area contributed by atoms with Crippen molar-refractivity contribution >= 4 is 23.3 Å². The second kappa shape index (κ2) is 4.21. The van der Waals surface area contributed by atoms with Crippen molar-refractivity contribution in [3.8, 4) is 0 Å². The lowest BCUT2D eigenvalue weighted by molar-refractivity contribution is -0.140. The highest BCUT2D eigenvalue weighted by molar-refractivity contribution is 7.07. The summed E-state index contributed by atoms with van der Waals surface area (Å²) < 4.78 is 0. The topological polar surface area (TPSA) is 111 Å². The average Bonchev–Trinajstić information content (AvgIpc) is 2.92. The summed E-state index contributed by atoms with van der Waals surface area (Å²) in [7, 11) is 0. The fourth-order valence-corrected chi connectivity index (χ4v) is 1.94. The van der Waals surface area contributed by atoms with E-state index in [2.05, 4.69) is 15.6 Å². The third-order valence-corrected chi connectivity index (χ3v) is 3.24. The van der Waals surface area contributed by atoms with Crippen LogP contribution in [0.1, 0.15) is 18.5 Å². The van der Waals surface area contributed by atoms with E-state index in [1.807, 2.05) is 0 Å². The Morgan fingerprint density at radius 3 is 2.71 bits per heavy atom. The largest absolute Gasteiger partial charge is 0.480 e. The first-order valence-electron chi connectivity index (χ1n) is 4.98. The Hall–Kier alpha value is -1.83. The highest BCUT2D eigenvalue weighted by Gasteiger charge is 2.51. The van der Waals surface area contributed by atoms with Gasteiger partial charge in [-0.05, 0) is 12.8 Å². The van der Waals surface area contributed by atoms with Crippen LogP contribution in [0.2, 0.25) is 0 Å². The van der Waals surface area contributed by atoms with Crippen molar-refractivity contribution in [2.75, 3.05) is 0 Å². The SMILES string of the molecule is O=C(NCc1csc(=O)[nH]1)NC1(C(=O)O)CC1. The Bertz CT molecular complexity index is 502. The van der Waals surface area contributed by atoms with Crippen LogP contribution >= 0.6 is 11.3 Å². The van der Waals surface area contributed by atoms with E-state index < -0.39 is 17.5 Å². The molecule has 0 radical (unpaired) electrons. The van der Waals surface area contributed by atoms with Crippen LogP contribution in [-0.4, -0.2) is 27.6 Å². The molecule has 1 heterocycles. The van der Waals surface area contributed by atoms with E-state index >= 15 is 0 Å².